The molecule has 0 bridgehead atoms. The monoisotopic (exact) mass is 378 g/mol. The maximum absolute atomic E-state index is 11.8. The Hall–Kier alpha value is -1.53. The summed E-state index contributed by atoms with van der Waals surface area (Å²) in [6.45, 7) is 4.44. The number of carbonyl (C=O) groups excluding carboxylic acids is 1. The molecule has 0 heterocycles. The molecule has 0 atom stereocenters. The molecule has 0 fully saturated rings. The van der Waals surface area contributed by atoms with Crippen LogP contribution < -0.4 is 61.2 Å². The number of hydrogen-bond donors (Lipinski definition) is 0. The standard InChI is InChI=1S/C14H16N2O8.K/c1-4-23-13-8(3)6-10(15(19)20)9(12(13)16(21)22)7-11(17)14(18)24-5-2;/h6-7,17H,4-5H2,1-3H3;/q;+1/p-1. The van der Waals surface area contributed by atoms with E-state index in [1.165, 1.54) is 13.8 Å². The van der Waals surface area contributed by atoms with Gasteiger partial charge in [-0.25, -0.2) is 4.79 Å². The molecule has 1 aromatic rings. The maximum atomic E-state index is 11.8. The van der Waals surface area contributed by atoms with Gasteiger partial charge in [-0.15, -0.1) is 0 Å². The van der Waals surface area contributed by atoms with Crippen LogP contribution in [0.1, 0.15) is 25.0 Å². The topological polar surface area (TPSA) is 145 Å². The third-order valence-electron chi connectivity index (χ3n) is 2.88. The van der Waals surface area contributed by atoms with Crippen molar-refractivity contribution in [1.82, 2.24) is 0 Å². The van der Waals surface area contributed by atoms with Gasteiger partial charge in [-0.3, -0.25) is 20.2 Å². The van der Waals surface area contributed by atoms with E-state index < -0.39 is 38.5 Å². The molecule has 0 N–H and O–H groups in total. The molecule has 25 heavy (non-hydrogen) atoms. The normalized spacial score (nSPS) is 10.6. The number of hydrogen-bond acceptors (Lipinski definition) is 8. The van der Waals surface area contributed by atoms with Crippen molar-refractivity contribution >= 4 is 23.4 Å². The van der Waals surface area contributed by atoms with Crippen molar-refractivity contribution in [3.05, 3.63) is 43.2 Å². The number of benzene rings is 1. The summed E-state index contributed by atoms with van der Waals surface area (Å²) in [5.41, 5.74) is -1.88. The van der Waals surface area contributed by atoms with Gasteiger partial charge in [0.15, 0.2) is 0 Å². The molecule has 0 aliphatic heterocycles. The summed E-state index contributed by atoms with van der Waals surface area (Å²) in [4.78, 5) is 32.2. The van der Waals surface area contributed by atoms with Crippen molar-refractivity contribution in [2.45, 2.75) is 20.8 Å². The average Bonchev–Trinajstić information content (AvgIpc) is 2.49. The van der Waals surface area contributed by atoms with Crippen LogP contribution >= 0.6 is 0 Å². The summed E-state index contributed by atoms with van der Waals surface area (Å²) in [6, 6.07) is 1.04. The molecular weight excluding hydrogens is 363 g/mol. The third kappa shape index (κ3) is 5.75. The van der Waals surface area contributed by atoms with E-state index in [0.29, 0.717) is 6.08 Å². The van der Waals surface area contributed by atoms with Crippen molar-refractivity contribution in [1.29, 1.82) is 0 Å². The Labute approximate surface area is 185 Å². The summed E-state index contributed by atoms with van der Waals surface area (Å²) in [7, 11) is 0. The second kappa shape index (κ2) is 10.5. The third-order valence-corrected chi connectivity index (χ3v) is 2.88. The zero-order chi connectivity index (χ0) is 18.4. The molecule has 10 nitrogen and oxygen atoms in total. The van der Waals surface area contributed by atoms with E-state index in [0.717, 1.165) is 6.07 Å². The van der Waals surface area contributed by atoms with Crippen LogP contribution in [-0.2, 0) is 9.53 Å². The van der Waals surface area contributed by atoms with Crippen LogP contribution in [0.15, 0.2) is 11.8 Å². The van der Waals surface area contributed by atoms with Crippen LogP contribution in [0.5, 0.6) is 5.75 Å². The van der Waals surface area contributed by atoms with Gasteiger partial charge < -0.3 is 14.6 Å². The molecular formula is C14H15KN2O8. The first kappa shape index (κ1) is 23.5. The van der Waals surface area contributed by atoms with Crippen LogP contribution in [0.25, 0.3) is 6.08 Å². The van der Waals surface area contributed by atoms with Crippen LogP contribution in [0, 0.1) is 27.2 Å². The SMILES string of the molecule is CCOC(=O)C([O-])=Cc1c([N+](=O)[O-])cc(C)c(OCC)c1[N+](=O)[O-].[K+]. The molecule has 0 saturated heterocycles. The van der Waals surface area contributed by atoms with E-state index in [2.05, 4.69) is 4.74 Å². The predicted octanol–water partition coefficient (Wildman–Crippen LogP) is -1.52. The quantitative estimate of drug-likeness (QED) is 0.139. The summed E-state index contributed by atoms with van der Waals surface area (Å²) in [5.74, 6) is -2.70. The molecule has 0 aliphatic rings. The van der Waals surface area contributed by atoms with E-state index in [-0.39, 0.29) is 75.9 Å². The van der Waals surface area contributed by atoms with Gasteiger partial charge in [-0.1, -0.05) is 0 Å². The van der Waals surface area contributed by atoms with Gasteiger partial charge in [-0.05, 0) is 32.6 Å². The molecule has 0 spiro atoms. The van der Waals surface area contributed by atoms with Crippen molar-refractivity contribution in [2.75, 3.05) is 13.2 Å². The Bertz CT molecular complexity index is 717. The molecule has 1 rings (SSSR count). The van der Waals surface area contributed by atoms with Crippen molar-refractivity contribution in [2.24, 2.45) is 0 Å². The molecule has 0 aromatic heterocycles. The smallest absolute Gasteiger partial charge is 0.868 e. The van der Waals surface area contributed by atoms with Gasteiger partial charge in [0.2, 0.25) is 5.75 Å². The number of ether oxygens (including phenoxy) is 2. The van der Waals surface area contributed by atoms with Crippen molar-refractivity contribution in [3.8, 4) is 5.75 Å². The fourth-order valence-corrected chi connectivity index (χ4v) is 1.97. The van der Waals surface area contributed by atoms with E-state index in [1.54, 1.807) is 6.92 Å². The van der Waals surface area contributed by atoms with E-state index >= 15 is 0 Å². The fourth-order valence-electron chi connectivity index (χ4n) is 1.97. The number of nitro groups is 2. The van der Waals surface area contributed by atoms with Crippen LogP contribution in [0.3, 0.4) is 0 Å². The van der Waals surface area contributed by atoms with Crippen molar-refractivity contribution < 1.29 is 80.6 Å². The minimum atomic E-state index is -1.26. The number of rotatable bonds is 7. The molecule has 0 unspecified atom stereocenters. The Morgan fingerprint density at radius 1 is 1.20 bits per heavy atom. The second-order valence-electron chi connectivity index (χ2n) is 4.48. The summed E-state index contributed by atoms with van der Waals surface area (Å²) < 4.78 is 9.67. The number of aryl methyl sites for hydroxylation is 1. The largest absolute Gasteiger partial charge is 1.00 e. The van der Waals surface area contributed by atoms with Gasteiger partial charge in [0, 0.05) is 11.6 Å². The molecule has 0 aliphatic carbocycles. The molecule has 1 aromatic carbocycles. The number of nitro benzene ring substituents is 2. The molecule has 0 amide bonds. The first-order valence-corrected chi connectivity index (χ1v) is 6.89. The van der Waals surface area contributed by atoms with E-state index in [9.17, 15) is 30.1 Å². The zero-order valence-electron chi connectivity index (χ0n) is 14.2. The second-order valence-corrected chi connectivity index (χ2v) is 4.48. The predicted molar refractivity (Wildman–Crippen MR) is 80.3 cm³/mol. The molecule has 0 saturated carbocycles. The fraction of sp³-hybridized carbons (Fsp3) is 0.357. The maximum Gasteiger partial charge on any atom is 1.00 e. The van der Waals surface area contributed by atoms with E-state index in [1.807, 2.05) is 0 Å². The zero-order valence-corrected chi connectivity index (χ0v) is 17.4. The number of esters is 1. The summed E-state index contributed by atoms with van der Waals surface area (Å²) >= 11 is 0. The minimum Gasteiger partial charge on any atom is -0.868 e. The number of nitrogens with zero attached hydrogens (tertiary/aromatic N) is 2. The first-order valence-electron chi connectivity index (χ1n) is 6.89. The van der Waals surface area contributed by atoms with Gasteiger partial charge in [0.05, 0.1) is 23.1 Å². The average molecular weight is 378 g/mol. The van der Waals surface area contributed by atoms with Crippen LogP contribution in [0.2, 0.25) is 0 Å². The van der Waals surface area contributed by atoms with Gasteiger partial charge in [-0.2, -0.15) is 0 Å². The van der Waals surface area contributed by atoms with Gasteiger partial charge >= 0.3 is 63.0 Å². The Kier molecular flexibility index (Phi) is 9.81. The summed E-state index contributed by atoms with van der Waals surface area (Å²) in [6.07, 6.45) is 0.524. The molecule has 11 heteroatoms. The Morgan fingerprint density at radius 3 is 2.24 bits per heavy atom. The summed E-state index contributed by atoms with van der Waals surface area (Å²) in [5, 5.41) is 34.4. The Balaban J connectivity index is 0.00000576. The van der Waals surface area contributed by atoms with Gasteiger partial charge in [0.25, 0.3) is 5.69 Å². The van der Waals surface area contributed by atoms with Gasteiger partial charge in [0.1, 0.15) is 5.56 Å². The van der Waals surface area contributed by atoms with Crippen LogP contribution in [-0.4, -0.2) is 29.0 Å². The Morgan fingerprint density at radius 2 is 1.80 bits per heavy atom. The first-order chi connectivity index (χ1) is 11.2. The van der Waals surface area contributed by atoms with Crippen molar-refractivity contribution in [3.63, 3.8) is 0 Å². The van der Waals surface area contributed by atoms with Crippen LogP contribution in [0.4, 0.5) is 11.4 Å². The van der Waals surface area contributed by atoms with E-state index in [4.69, 9.17) is 4.74 Å². The number of carbonyl (C=O) groups is 1. The molecule has 0 radical (unpaired) electrons. The molecule has 130 valence electrons. The minimum absolute atomic E-state index is 0.